The predicted octanol–water partition coefficient (Wildman–Crippen LogP) is 2.22. The van der Waals surface area contributed by atoms with Crippen molar-refractivity contribution < 1.29 is 17.6 Å². The third-order valence-corrected chi connectivity index (χ3v) is 7.67. The van der Waals surface area contributed by atoms with E-state index in [0.717, 1.165) is 0 Å². The molecule has 0 saturated carbocycles. The highest BCUT2D eigenvalue weighted by Crippen LogP contribution is 2.22. The molecule has 1 aromatic heterocycles. The molecule has 1 N–H and O–H groups in total. The fourth-order valence-corrected chi connectivity index (χ4v) is 5.38. The molecule has 0 bridgehead atoms. The number of nitrogens with one attached hydrogen (secondary N) is 1. The summed E-state index contributed by atoms with van der Waals surface area (Å²) in [4.78, 5) is 14.3. The highest BCUT2D eigenvalue weighted by Gasteiger charge is 2.32. The molecule has 1 fully saturated rings. The number of piperazine rings is 1. The van der Waals surface area contributed by atoms with Gasteiger partial charge in [-0.3, -0.25) is 9.69 Å². The third-order valence-electron chi connectivity index (χ3n) is 4.40. The number of sulfonamides is 1. The molecule has 1 aromatic carbocycles. The van der Waals surface area contributed by atoms with Gasteiger partial charge in [-0.05, 0) is 42.6 Å². The topological polar surface area (TPSA) is 69.7 Å². The van der Waals surface area contributed by atoms with E-state index in [4.69, 9.17) is 0 Å². The van der Waals surface area contributed by atoms with E-state index in [9.17, 15) is 17.6 Å². The number of benzene rings is 1. The smallest absolute Gasteiger partial charge is 0.252 e. The van der Waals surface area contributed by atoms with Gasteiger partial charge in [-0.2, -0.15) is 4.31 Å². The molecule has 1 aliphatic heterocycles. The SMILES string of the molecule is CC(C(=O)Nc1ccc(F)cc1)N1CCN(S(=O)(=O)c2cccs2)CC1. The van der Waals surface area contributed by atoms with Crippen LogP contribution in [0.4, 0.5) is 10.1 Å². The fourth-order valence-electron chi connectivity index (χ4n) is 2.81. The van der Waals surface area contributed by atoms with E-state index in [2.05, 4.69) is 5.32 Å². The van der Waals surface area contributed by atoms with E-state index < -0.39 is 16.1 Å². The molecule has 0 aliphatic carbocycles. The summed E-state index contributed by atoms with van der Waals surface area (Å²) >= 11 is 1.20. The van der Waals surface area contributed by atoms with E-state index in [-0.39, 0.29) is 11.7 Å². The first kappa shape index (κ1) is 19.0. The first-order chi connectivity index (χ1) is 12.4. The second-order valence-corrected chi connectivity index (χ2v) is 9.16. The summed E-state index contributed by atoms with van der Waals surface area (Å²) in [5.41, 5.74) is 0.530. The lowest BCUT2D eigenvalue weighted by atomic mass is 10.2. The Morgan fingerprint density at radius 3 is 2.38 bits per heavy atom. The van der Waals surface area contributed by atoms with Gasteiger partial charge in [-0.25, -0.2) is 12.8 Å². The van der Waals surface area contributed by atoms with Gasteiger partial charge in [0, 0.05) is 31.9 Å². The Morgan fingerprint density at radius 1 is 1.15 bits per heavy atom. The average Bonchev–Trinajstić information content (AvgIpc) is 3.18. The third kappa shape index (κ3) is 4.12. The lowest BCUT2D eigenvalue weighted by Crippen LogP contribution is -2.53. The molecule has 1 amide bonds. The van der Waals surface area contributed by atoms with Gasteiger partial charge in [0.05, 0.1) is 6.04 Å². The van der Waals surface area contributed by atoms with Crippen LogP contribution in [-0.4, -0.2) is 55.8 Å². The molecule has 1 aliphatic rings. The highest BCUT2D eigenvalue weighted by molar-refractivity contribution is 7.91. The molecule has 1 atom stereocenters. The second kappa shape index (κ2) is 7.83. The monoisotopic (exact) mass is 397 g/mol. The predicted molar refractivity (Wildman–Crippen MR) is 99.1 cm³/mol. The van der Waals surface area contributed by atoms with Crippen LogP contribution in [-0.2, 0) is 14.8 Å². The van der Waals surface area contributed by atoms with Crippen LogP contribution < -0.4 is 5.32 Å². The summed E-state index contributed by atoms with van der Waals surface area (Å²) in [5, 5.41) is 4.49. The zero-order chi connectivity index (χ0) is 18.7. The van der Waals surface area contributed by atoms with Crippen LogP contribution in [0.1, 0.15) is 6.92 Å². The quantitative estimate of drug-likeness (QED) is 0.840. The zero-order valence-corrected chi connectivity index (χ0v) is 15.9. The average molecular weight is 397 g/mol. The Balaban J connectivity index is 1.57. The van der Waals surface area contributed by atoms with E-state index >= 15 is 0 Å². The largest absolute Gasteiger partial charge is 0.325 e. The summed E-state index contributed by atoms with van der Waals surface area (Å²) in [6, 6.07) is 8.49. The number of rotatable bonds is 5. The van der Waals surface area contributed by atoms with Gasteiger partial charge in [-0.1, -0.05) is 6.07 Å². The van der Waals surface area contributed by atoms with Crippen molar-refractivity contribution in [2.75, 3.05) is 31.5 Å². The van der Waals surface area contributed by atoms with Crippen LogP contribution in [0.3, 0.4) is 0 Å². The molecule has 140 valence electrons. The molecule has 2 aromatic rings. The molecule has 1 saturated heterocycles. The van der Waals surface area contributed by atoms with Crippen LogP contribution in [0, 0.1) is 5.82 Å². The number of amides is 1. The second-order valence-electron chi connectivity index (χ2n) is 6.04. The summed E-state index contributed by atoms with van der Waals surface area (Å²) in [5.74, 6) is -0.565. The van der Waals surface area contributed by atoms with Crippen LogP contribution >= 0.6 is 11.3 Å². The number of halogens is 1. The Morgan fingerprint density at radius 2 is 1.81 bits per heavy atom. The van der Waals surface area contributed by atoms with Crippen molar-refractivity contribution >= 4 is 33.0 Å². The molecule has 26 heavy (non-hydrogen) atoms. The van der Waals surface area contributed by atoms with Crippen molar-refractivity contribution in [2.24, 2.45) is 0 Å². The summed E-state index contributed by atoms with van der Waals surface area (Å²) < 4.78 is 39.8. The number of carbonyl (C=O) groups is 1. The number of hydrogen-bond acceptors (Lipinski definition) is 5. The van der Waals surface area contributed by atoms with Crippen molar-refractivity contribution in [1.82, 2.24) is 9.21 Å². The molecule has 1 unspecified atom stereocenters. The molecule has 9 heteroatoms. The van der Waals surface area contributed by atoms with Crippen molar-refractivity contribution in [3.05, 3.63) is 47.6 Å². The van der Waals surface area contributed by atoms with E-state index in [1.807, 2.05) is 4.90 Å². The minimum Gasteiger partial charge on any atom is -0.325 e. The minimum absolute atomic E-state index is 0.203. The lowest BCUT2D eigenvalue weighted by Gasteiger charge is -2.36. The van der Waals surface area contributed by atoms with E-state index in [1.54, 1.807) is 24.4 Å². The highest BCUT2D eigenvalue weighted by atomic mass is 32.2. The van der Waals surface area contributed by atoms with Gasteiger partial charge in [0.15, 0.2) is 0 Å². The van der Waals surface area contributed by atoms with Crippen LogP contribution in [0.25, 0.3) is 0 Å². The summed E-state index contributed by atoms with van der Waals surface area (Å²) in [7, 11) is -3.45. The molecular formula is C17H20FN3O3S2. The standard InChI is InChI=1S/C17H20FN3O3S2/c1-13(17(22)19-15-6-4-14(18)5-7-15)20-8-10-21(11-9-20)26(23,24)16-3-2-12-25-16/h2-7,12-13H,8-11H2,1H3,(H,19,22). The van der Waals surface area contributed by atoms with Crippen LogP contribution in [0.5, 0.6) is 0 Å². The zero-order valence-electron chi connectivity index (χ0n) is 14.3. The van der Waals surface area contributed by atoms with Gasteiger partial charge < -0.3 is 5.32 Å². The molecule has 2 heterocycles. The van der Waals surface area contributed by atoms with Crippen molar-refractivity contribution in [1.29, 1.82) is 0 Å². The van der Waals surface area contributed by atoms with Gasteiger partial charge in [-0.15, -0.1) is 11.3 Å². The first-order valence-corrected chi connectivity index (χ1v) is 10.5. The molecule has 6 nitrogen and oxygen atoms in total. The van der Waals surface area contributed by atoms with Crippen LogP contribution in [0.15, 0.2) is 46.0 Å². The van der Waals surface area contributed by atoms with Gasteiger partial charge in [0.1, 0.15) is 10.0 Å². The van der Waals surface area contributed by atoms with Crippen LogP contribution in [0.2, 0.25) is 0 Å². The molecule has 0 radical (unpaired) electrons. The van der Waals surface area contributed by atoms with E-state index in [0.29, 0.717) is 36.1 Å². The van der Waals surface area contributed by atoms with E-state index in [1.165, 1.54) is 39.9 Å². The van der Waals surface area contributed by atoms with Crippen molar-refractivity contribution in [3.8, 4) is 0 Å². The maximum atomic E-state index is 12.9. The number of anilines is 1. The molecule has 3 rings (SSSR count). The summed E-state index contributed by atoms with van der Waals surface area (Å²) in [6.45, 7) is 3.41. The van der Waals surface area contributed by atoms with Crippen molar-refractivity contribution in [2.45, 2.75) is 17.2 Å². The maximum Gasteiger partial charge on any atom is 0.252 e. The summed E-state index contributed by atoms with van der Waals surface area (Å²) in [6.07, 6.45) is 0. The Bertz CT molecular complexity index is 846. The lowest BCUT2D eigenvalue weighted by molar-refractivity contribution is -0.121. The first-order valence-electron chi connectivity index (χ1n) is 8.22. The fraction of sp³-hybridized carbons (Fsp3) is 0.353. The molecule has 0 spiro atoms. The number of carbonyl (C=O) groups excluding carboxylic acids is 1. The number of nitrogens with zero attached hydrogens (tertiary/aromatic N) is 2. The minimum atomic E-state index is -3.45. The molecular weight excluding hydrogens is 377 g/mol. The number of thiophene rings is 1. The maximum absolute atomic E-state index is 12.9. The Kier molecular flexibility index (Phi) is 5.71. The Labute approximate surface area is 156 Å². The van der Waals surface area contributed by atoms with Gasteiger partial charge >= 0.3 is 0 Å². The van der Waals surface area contributed by atoms with Crippen molar-refractivity contribution in [3.63, 3.8) is 0 Å². The number of hydrogen-bond donors (Lipinski definition) is 1. The van der Waals surface area contributed by atoms with Gasteiger partial charge in [0.2, 0.25) is 5.91 Å². The van der Waals surface area contributed by atoms with Gasteiger partial charge in [0.25, 0.3) is 10.0 Å². The normalized spacial score (nSPS) is 17.8. The Hall–Kier alpha value is -1.81.